The third-order valence-electron chi connectivity index (χ3n) is 3.29. The number of anilines is 1. The summed E-state index contributed by atoms with van der Waals surface area (Å²) in [5.74, 6) is -1.25. The molecule has 1 N–H and O–H groups in total. The van der Waals surface area contributed by atoms with E-state index in [1.165, 1.54) is 0 Å². The molecule has 1 aromatic heterocycles. The molecule has 1 aromatic rings. The monoisotopic (exact) mass is 294 g/mol. The third-order valence-corrected chi connectivity index (χ3v) is 3.29. The zero-order valence-corrected chi connectivity index (χ0v) is 11.4. The number of aromatic nitrogens is 1. The van der Waals surface area contributed by atoms with Crippen molar-refractivity contribution in [3.05, 3.63) is 27.9 Å². The Kier molecular flexibility index (Phi) is 4.01. The van der Waals surface area contributed by atoms with Crippen molar-refractivity contribution in [1.82, 2.24) is 9.88 Å². The smallest absolute Gasteiger partial charge is 0.342 e. The lowest BCUT2D eigenvalue weighted by molar-refractivity contribution is -0.385. The molecule has 9 heteroatoms. The first-order chi connectivity index (χ1) is 9.90. The Bertz CT molecular complexity index is 603. The van der Waals surface area contributed by atoms with Crippen molar-refractivity contribution < 1.29 is 19.6 Å². The second-order valence-corrected chi connectivity index (χ2v) is 4.71. The normalized spacial score (nSPS) is 15.8. The van der Waals surface area contributed by atoms with Crippen LogP contribution in [-0.2, 0) is 4.79 Å². The van der Waals surface area contributed by atoms with Gasteiger partial charge in [0, 0.05) is 26.2 Å². The number of carbonyl (C=O) groups is 2. The summed E-state index contributed by atoms with van der Waals surface area (Å²) in [6, 6.07) is 1.14. The van der Waals surface area contributed by atoms with Crippen LogP contribution in [0.3, 0.4) is 0 Å². The molecular formula is C12H14N4O5. The van der Waals surface area contributed by atoms with Gasteiger partial charge in [-0.2, -0.15) is 0 Å². The topological polar surface area (TPSA) is 117 Å². The Morgan fingerprint density at radius 2 is 2.19 bits per heavy atom. The zero-order valence-electron chi connectivity index (χ0n) is 11.4. The van der Waals surface area contributed by atoms with E-state index in [2.05, 4.69) is 4.98 Å². The van der Waals surface area contributed by atoms with Crippen molar-refractivity contribution >= 4 is 23.4 Å². The van der Waals surface area contributed by atoms with E-state index < -0.39 is 22.1 Å². The average Bonchev–Trinajstić information content (AvgIpc) is 2.60. The number of nitro groups is 1. The Hall–Kier alpha value is -2.71. The Balaban J connectivity index is 2.36. The molecule has 1 amide bonds. The summed E-state index contributed by atoms with van der Waals surface area (Å²) in [6.07, 6.45) is 1.63. The van der Waals surface area contributed by atoms with E-state index in [-0.39, 0.29) is 18.3 Å². The SMILES string of the molecule is CN1CCCN(c2cc(C(=O)O)c([N+](=O)[O-])cn2)CC1=O. The molecule has 112 valence electrons. The van der Waals surface area contributed by atoms with Gasteiger partial charge in [-0.3, -0.25) is 14.9 Å². The largest absolute Gasteiger partial charge is 0.477 e. The highest BCUT2D eigenvalue weighted by Crippen LogP contribution is 2.23. The Labute approximate surface area is 119 Å². The second kappa shape index (κ2) is 5.73. The minimum Gasteiger partial charge on any atom is -0.477 e. The van der Waals surface area contributed by atoms with Crippen molar-refractivity contribution in [2.75, 3.05) is 31.6 Å². The number of rotatable bonds is 3. The van der Waals surface area contributed by atoms with Crippen molar-refractivity contribution in [2.24, 2.45) is 0 Å². The first-order valence-corrected chi connectivity index (χ1v) is 6.27. The van der Waals surface area contributed by atoms with Gasteiger partial charge in [-0.1, -0.05) is 0 Å². The predicted molar refractivity (Wildman–Crippen MR) is 72.3 cm³/mol. The fourth-order valence-electron chi connectivity index (χ4n) is 2.11. The number of hydrogen-bond donors (Lipinski definition) is 1. The minimum atomic E-state index is -1.40. The van der Waals surface area contributed by atoms with E-state index >= 15 is 0 Å². The van der Waals surface area contributed by atoms with Crippen LogP contribution in [0.5, 0.6) is 0 Å². The van der Waals surface area contributed by atoms with Crippen LogP contribution >= 0.6 is 0 Å². The molecule has 1 aliphatic rings. The van der Waals surface area contributed by atoms with Crippen LogP contribution < -0.4 is 4.90 Å². The van der Waals surface area contributed by atoms with Gasteiger partial charge in [0.2, 0.25) is 5.91 Å². The molecule has 0 saturated carbocycles. The van der Waals surface area contributed by atoms with Gasteiger partial charge in [0.05, 0.1) is 11.5 Å². The highest BCUT2D eigenvalue weighted by molar-refractivity contribution is 5.93. The van der Waals surface area contributed by atoms with E-state index in [0.29, 0.717) is 19.5 Å². The van der Waals surface area contributed by atoms with E-state index in [0.717, 1.165) is 12.3 Å². The molecule has 0 aliphatic carbocycles. The van der Waals surface area contributed by atoms with E-state index in [1.54, 1.807) is 16.8 Å². The average molecular weight is 294 g/mol. The maximum absolute atomic E-state index is 11.8. The number of amides is 1. The molecule has 0 spiro atoms. The lowest BCUT2D eigenvalue weighted by atomic mass is 10.2. The Morgan fingerprint density at radius 1 is 1.48 bits per heavy atom. The van der Waals surface area contributed by atoms with Gasteiger partial charge in [-0.05, 0) is 6.42 Å². The molecule has 0 aromatic carbocycles. The number of aromatic carboxylic acids is 1. The summed E-state index contributed by atoms with van der Waals surface area (Å²) in [7, 11) is 1.69. The number of likely N-dealkylation sites (N-methyl/N-ethyl adjacent to an activating group) is 1. The molecular weight excluding hydrogens is 280 g/mol. The first-order valence-electron chi connectivity index (χ1n) is 6.27. The van der Waals surface area contributed by atoms with Crippen LogP contribution in [0.4, 0.5) is 11.5 Å². The minimum absolute atomic E-state index is 0.0698. The number of hydrogen-bond acceptors (Lipinski definition) is 6. The lowest BCUT2D eigenvalue weighted by Gasteiger charge is -2.20. The molecule has 0 bridgehead atoms. The van der Waals surface area contributed by atoms with Gasteiger partial charge in [0.1, 0.15) is 17.6 Å². The third kappa shape index (κ3) is 3.07. The fraction of sp³-hybridized carbons (Fsp3) is 0.417. The summed E-state index contributed by atoms with van der Waals surface area (Å²) in [6.45, 7) is 1.20. The number of carboxylic acid groups (broad SMARTS) is 1. The molecule has 21 heavy (non-hydrogen) atoms. The van der Waals surface area contributed by atoms with Gasteiger partial charge in [0.15, 0.2) is 0 Å². The van der Waals surface area contributed by atoms with Crippen LogP contribution in [-0.4, -0.2) is 58.5 Å². The molecule has 1 fully saturated rings. The molecule has 2 heterocycles. The maximum atomic E-state index is 11.8. The molecule has 0 unspecified atom stereocenters. The summed E-state index contributed by atoms with van der Waals surface area (Å²) >= 11 is 0. The number of carbonyl (C=O) groups excluding carboxylic acids is 1. The number of pyridine rings is 1. The summed E-state index contributed by atoms with van der Waals surface area (Å²) in [5.41, 5.74) is -1.00. The molecule has 9 nitrogen and oxygen atoms in total. The van der Waals surface area contributed by atoms with Crippen molar-refractivity contribution in [1.29, 1.82) is 0 Å². The van der Waals surface area contributed by atoms with Crippen LogP contribution in [0.1, 0.15) is 16.8 Å². The number of nitrogens with zero attached hydrogens (tertiary/aromatic N) is 4. The second-order valence-electron chi connectivity index (χ2n) is 4.71. The van der Waals surface area contributed by atoms with Gasteiger partial charge in [-0.25, -0.2) is 9.78 Å². The highest BCUT2D eigenvalue weighted by Gasteiger charge is 2.25. The summed E-state index contributed by atoms with van der Waals surface area (Å²) in [5, 5.41) is 19.9. The van der Waals surface area contributed by atoms with Gasteiger partial charge in [0.25, 0.3) is 0 Å². The van der Waals surface area contributed by atoms with Crippen LogP contribution in [0, 0.1) is 10.1 Å². The van der Waals surface area contributed by atoms with E-state index in [9.17, 15) is 19.7 Å². The Morgan fingerprint density at radius 3 is 2.81 bits per heavy atom. The quantitative estimate of drug-likeness (QED) is 0.631. The number of carboxylic acids is 1. The standard InChI is InChI=1S/C12H14N4O5/c1-14-3-2-4-15(7-11(14)17)10-5-8(12(18)19)9(6-13-10)16(20)21/h5-6H,2-4,7H2,1H3,(H,18,19). The van der Waals surface area contributed by atoms with Crippen LogP contribution in [0.15, 0.2) is 12.3 Å². The van der Waals surface area contributed by atoms with Crippen molar-refractivity contribution in [2.45, 2.75) is 6.42 Å². The van der Waals surface area contributed by atoms with Gasteiger partial charge >= 0.3 is 11.7 Å². The van der Waals surface area contributed by atoms with Crippen molar-refractivity contribution in [3.8, 4) is 0 Å². The lowest BCUT2D eigenvalue weighted by Crippen LogP contribution is -2.34. The first kappa shape index (κ1) is 14.7. The summed E-state index contributed by atoms with van der Waals surface area (Å²) < 4.78 is 0. The van der Waals surface area contributed by atoms with E-state index in [1.807, 2.05) is 0 Å². The molecule has 2 rings (SSSR count). The summed E-state index contributed by atoms with van der Waals surface area (Å²) in [4.78, 5) is 40.1. The maximum Gasteiger partial charge on any atom is 0.342 e. The molecule has 0 radical (unpaired) electrons. The van der Waals surface area contributed by atoms with Gasteiger partial charge in [-0.15, -0.1) is 0 Å². The zero-order chi connectivity index (χ0) is 15.6. The van der Waals surface area contributed by atoms with E-state index in [4.69, 9.17) is 5.11 Å². The highest BCUT2D eigenvalue weighted by atomic mass is 16.6. The van der Waals surface area contributed by atoms with Crippen molar-refractivity contribution in [3.63, 3.8) is 0 Å². The fourth-order valence-corrected chi connectivity index (χ4v) is 2.11. The molecule has 1 aliphatic heterocycles. The van der Waals surface area contributed by atoms with Gasteiger partial charge < -0.3 is 14.9 Å². The predicted octanol–water partition coefficient (Wildman–Crippen LogP) is 0.356. The van der Waals surface area contributed by atoms with Crippen LogP contribution in [0.25, 0.3) is 0 Å². The molecule has 1 saturated heterocycles. The van der Waals surface area contributed by atoms with Crippen LogP contribution in [0.2, 0.25) is 0 Å². The molecule has 0 atom stereocenters.